The number of hydrogen-bond donors (Lipinski definition) is 3. The molecule has 0 unspecified atom stereocenters. The highest BCUT2D eigenvalue weighted by molar-refractivity contribution is 8.00. The van der Waals surface area contributed by atoms with Crippen molar-refractivity contribution in [2.45, 2.75) is 17.5 Å². The number of ether oxygens (including phenoxy) is 1. The molecule has 3 rings (SSSR count). The zero-order chi connectivity index (χ0) is 26.5. The number of amides is 3. The second kappa shape index (κ2) is 11.0. The van der Waals surface area contributed by atoms with Crippen LogP contribution in [0.3, 0.4) is 0 Å². The van der Waals surface area contributed by atoms with Gasteiger partial charge in [0.1, 0.15) is 10.6 Å². The predicted octanol–water partition coefficient (Wildman–Crippen LogP) is 3.32. The van der Waals surface area contributed by atoms with E-state index in [4.69, 9.17) is 0 Å². The standard InChI is InChI=1S/C22H21F3N4O5S2/c1-26-21(31)29(35)36(32,33)19-10-14(6-7-18(19)34-13-22(23,24)25)8-9-27-20(30)16-11-15-4-2-3-5-17(15)28-12-16/h2-7,10-12,35H,8-9,13H2,1H3,(H,26,31)(H,27,30). The van der Waals surface area contributed by atoms with Gasteiger partial charge in [-0.05, 0) is 49.1 Å². The van der Waals surface area contributed by atoms with Crippen LogP contribution in [0.25, 0.3) is 10.9 Å². The topological polar surface area (TPSA) is 118 Å². The Morgan fingerprint density at radius 3 is 2.56 bits per heavy atom. The molecule has 0 aliphatic carbocycles. The van der Waals surface area contributed by atoms with Crippen molar-refractivity contribution in [2.75, 3.05) is 20.2 Å². The number of thiol groups is 1. The minimum atomic E-state index is -4.72. The normalized spacial score (nSPS) is 11.7. The molecule has 3 amide bonds. The van der Waals surface area contributed by atoms with Crippen molar-refractivity contribution in [3.05, 3.63) is 65.9 Å². The van der Waals surface area contributed by atoms with Gasteiger partial charge in [-0.15, -0.1) is 0 Å². The summed E-state index contributed by atoms with van der Waals surface area (Å²) in [5.41, 5.74) is 1.40. The minimum absolute atomic E-state index is 0.0566. The molecule has 3 aromatic rings. The van der Waals surface area contributed by atoms with Crippen LogP contribution < -0.4 is 15.4 Å². The number of carbonyl (C=O) groups is 2. The molecule has 36 heavy (non-hydrogen) atoms. The summed E-state index contributed by atoms with van der Waals surface area (Å²) in [6, 6.07) is 11.3. The Kier molecular flexibility index (Phi) is 8.30. The van der Waals surface area contributed by atoms with Gasteiger partial charge in [0.2, 0.25) is 0 Å². The molecule has 0 aliphatic heterocycles. The quantitative estimate of drug-likeness (QED) is 0.376. The summed E-state index contributed by atoms with van der Waals surface area (Å²) in [6.07, 6.45) is -3.17. The first-order valence-electron chi connectivity index (χ1n) is 10.3. The number of benzene rings is 2. The van der Waals surface area contributed by atoms with Gasteiger partial charge >= 0.3 is 12.2 Å². The molecule has 2 aromatic carbocycles. The van der Waals surface area contributed by atoms with Crippen LogP contribution in [0.5, 0.6) is 5.75 Å². The number of pyridine rings is 1. The largest absolute Gasteiger partial charge is 0.483 e. The summed E-state index contributed by atoms with van der Waals surface area (Å²) >= 11 is 3.66. The van der Waals surface area contributed by atoms with Crippen molar-refractivity contribution in [2.24, 2.45) is 0 Å². The summed E-state index contributed by atoms with van der Waals surface area (Å²) in [5.74, 6) is -1.02. The summed E-state index contributed by atoms with van der Waals surface area (Å²) in [5, 5.41) is 5.52. The molecule has 0 spiro atoms. The van der Waals surface area contributed by atoms with Crippen molar-refractivity contribution in [3.8, 4) is 5.75 Å². The van der Waals surface area contributed by atoms with Crippen molar-refractivity contribution in [1.82, 2.24) is 19.3 Å². The van der Waals surface area contributed by atoms with Crippen molar-refractivity contribution < 1.29 is 35.9 Å². The molecule has 0 fully saturated rings. The number of alkyl halides is 3. The molecule has 14 heteroatoms. The van der Waals surface area contributed by atoms with Crippen molar-refractivity contribution in [3.63, 3.8) is 0 Å². The number of nitrogens with one attached hydrogen (secondary N) is 2. The Morgan fingerprint density at radius 1 is 1.14 bits per heavy atom. The molecule has 0 bridgehead atoms. The lowest BCUT2D eigenvalue weighted by Gasteiger charge is -2.19. The van der Waals surface area contributed by atoms with Gasteiger partial charge in [-0.2, -0.15) is 25.3 Å². The fourth-order valence-corrected chi connectivity index (χ4v) is 4.65. The van der Waals surface area contributed by atoms with Gasteiger partial charge in [0.15, 0.2) is 6.61 Å². The van der Waals surface area contributed by atoms with E-state index in [1.807, 2.05) is 18.2 Å². The lowest BCUT2D eigenvalue weighted by molar-refractivity contribution is -0.153. The summed E-state index contributed by atoms with van der Waals surface area (Å²) < 4.78 is 68.4. The van der Waals surface area contributed by atoms with E-state index in [0.717, 1.165) is 30.1 Å². The number of carbonyl (C=O) groups excluding carboxylic acids is 2. The van der Waals surface area contributed by atoms with Crippen LogP contribution >= 0.6 is 12.8 Å². The van der Waals surface area contributed by atoms with E-state index in [1.165, 1.54) is 12.3 Å². The third kappa shape index (κ3) is 6.57. The van der Waals surface area contributed by atoms with Gasteiger partial charge in [0, 0.05) is 25.2 Å². The van der Waals surface area contributed by atoms with Gasteiger partial charge in [0.25, 0.3) is 15.9 Å². The molecule has 2 N–H and O–H groups in total. The van der Waals surface area contributed by atoms with Crippen molar-refractivity contribution in [1.29, 1.82) is 0 Å². The Hall–Kier alpha value is -3.52. The number of aromatic nitrogens is 1. The van der Waals surface area contributed by atoms with Crippen LogP contribution in [0.15, 0.2) is 59.6 Å². The van der Waals surface area contributed by atoms with E-state index < -0.39 is 45.4 Å². The average molecular weight is 543 g/mol. The van der Waals surface area contributed by atoms with Gasteiger partial charge in [-0.25, -0.2) is 4.79 Å². The Morgan fingerprint density at radius 2 is 1.86 bits per heavy atom. The van der Waals surface area contributed by atoms with E-state index in [2.05, 4.69) is 33.2 Å². The highest BCUT2D eigenvalue weighted by Gasteiger charge is 2.33. The van der Waals surface area contributed by atoms with Gasteiger partial charge < -0.3 is 15.4 Å². The maximum atomic E-state index is 12.9. The number of halogens is 3. The van der Waals surface area contributed by atoms with Crippen LogP contribution in [0.4, 0.5) is 18.0 Å². The summed E-state index contributed by atoms with van der Waals surface area (Å²) in [7, 11) is -3.52. The Bertz CT molecular complexity index is 1380. The molecular formula is C22H21F3N4O5S2. The highest BCUT2D eigenvalue weighted by atomic mass is 32.3. The SMILES string of the molecule is CNC(=O)N(S)S(=O)(=O)c1cc(CCNC(=O)c2cnc3ccccc3c2)ccc1OCC(F)(F)F. The predicted molar refractivity (Wildman–Crippen MR) is 128 cm³/mol. The number of hydrogen-bond acceptors (Lipinski definition) is 7. The molecule has 0 atom stereocenters. The zero-order valence-corrected chi connectivity index (χ0v) is 20.5. The van der Waals surface area contributed by atoms with E-state index in [1.54, 1.807) is 12.1 Å². The first-order valence-corrected chi connectivity index (χ1v) is 12.2. The average Bonchev–Trinajstić information content (AvgIpc) is 2.85. The first kappa shape index (κ1) is 27.1. The lowest BCUT2D eigenvalue weighted by Crippen LogP contribution is -2.36. The molecule has 0 saturated carbocycles. The summed E-state index contributed by atoms with van der Waals surface area (Å²) in [4.78, 5) is 27.8. The third-order valence-corrected chi connectivity index (χ3v) is 7.17. The lowest BCUT2D eigenvalue weighted by atomic mass is 10.1. The second-order valence-electron chi connectivity index (χ2n) is 7.41. The van der Waals surface area contributed by atoms with Crippen molar-refractivity contribution >= 4 is 45.7 Å². The smallest absolute Gasteiger partial charge is 0.422 e. The van der Waals surface area contributed by atoms with Crippen LogP contribution in [0.1, 0.15) is 15.9 Å². The fourth-order valence-electron chi connectivity index (χ4n) is 3.10. The number of fused-ring (bicyclic) bond motifs is 1. The van der Waals surface area contributed by atoms with E-state index in [-0.39, 0.29) is 16.7 Å². The van der Waals surface area contributed by atoms with Gasteiger partial charge in [-0.3, -0.25) is 9.78 Å². The van der Waals surface area contributed by atoms with Crippen LogP contribution in [-0.2, 0) is 16.4 Å². The number of para-hydroxylation sites is 1. The first-order chi connectivity index (χ1) is 16.9. The molecule has 1 aromatic heterocycles. The van der Waals surface area contributed by atoms with E-state index in [9.17, 15) is 31.2 Å². The number of sulfonamides is 1. The molecular weight excluding hydrogens is 521 g/mol. The van der Waals surface area contributed by atoms with Crippen LogP contribution in [0.2, 0.25) is 0 Å². The fraction of sp³-hybridized carbons (Fsp3) is 0.227. The molecule has 0 saturated heterocycles. The molecule has 0 radical (unpaired) electrons. The molecule has 0 aliphatic rings. The number of nitrogens with zero attached hydrogens (tertiary/aromatic N) is 2. The van der Waals surface area contributed by atoms with E-state index in [0.29, 0.717) is 11.1 Å². The molecule has 9 nitrogen and oxygen atoms in total. The minimum Gasteiger partial charge on any atom is -0.483 e. The van der Waals surface area contributed by atoms with Crippen LogP contribution in [-0.4, -0.2) is 55.4 Å². The van der Waals surface area contributed by atoms with E-state index >= 15 is 0 Å². The monoisotopic (exact) mass is 542 g/mol. The number of rotatable bonds is 8. The second-order valence-corrected chi connectivity index (χ2v) is 9.84. The maximum Gasteiger partial charge on any atom is 0.422 e. The maximum absolute atomic E-state index is 12.9. The Labute approximate surface area is 210 Å². The van der Waals surface area contributed by atoms with Crippen LogP contribution in [0, 0.1) is 0 Å². The zero-order valence-electron chi connectivity index (χ0n) is 18.7. The molecule has 1 heterocycles. The van der Waals surface area contributed by atoms with Gasteiger partial charge in [0.05, 0.1) is 11.1 Å². The third-order valence-electron chi connectivity index (χ3n) is 4.84. The highest BCUT2D eigenvalue weighted by Crippen LogP contribution is 2.30. The molecule has 192 valence electrons. The van der Waals surface area contributed by atoms with Gasteiger partial charge in [-0.1, -0.05) is 24.3 Å². The number of urea groups is 1. The Balaban J connectivity index is 1.78. The summed E-state index contributed by atoms with van der Waals surface area (Å²) in [6.45, 7) is -1.66.